The summed E-state index contributed by atoms with van der Waals surface area (Å²) in [6.07, 6.45) is 0. The second-order valence-corrected chi connectivity index (χ2v) is 4.21. The van der Waals surface area contributed by atoms with Gasteiger partial charge >= 0.3 is 6.03 Å². The summed E-state index contributed by atoms with van der Waals surface area (Å²) in [5.74, 6) is 0.792. The fourth-order valence-corrected chi connectivity index (χ4v) is 1.55. The second kappa shape index (κ2) is 25.6. The molecular weight excluding hydrogens is 444 g/mol. The molecule has 0 bridgehead atoms. The van der Waals surface area contributed by atoms with E-state index in [1.807, 2.05) is 38.1 Å². The standard InChI is InChI=1S/C14H22N2O3.5Ar/c1-4-18-9-12(16-14(17)15-3)10-19-13-7-5-6-11(2)8-13;;;;;/h5-8,12H,4,9-10H2,1-3H3,(H2,15,16,17);;;;;/t12-;;;;;/m0...../s1. The first-order valence-electron chi connectivity index (χ1n) is 6.41. The van der Waals surface area contributed by atoms with E-state index < -0.39 is 0 Å². The molecule has 0 aliphatic rings. The maximum Gasteiger partial charge on any atom is 0.314 e. The molecule has 0 saturated heterocycles. The zero-order valence-electron chi connectivity index (χ0n) is 13.5. The van der Waals surface area contributed by atoms with Crippen LogP contribution >= 0.6 is 0 Å². The van der Waals surface area contributed by atoms with Crippen LogP contribution in [0.25, 0.3) is 0 Å². The van der Waals surface area contributed by atoms with Crippen LogP contribution in [-0.4, -0.2) is 38.9 Å². The number of ether oxygens (including phenoxy) is 2. The van der Waals surface area contributed by atoms with Crippen molar-refractivity contribution in [2.45, 2.75) is 19.9 Å². The normalized spacial score (nSPS) is 9.29. The maximum absolute atomic E-state index is 11.3. The van der Waals surface area contributed by atoms with Crippen molar-refractivity contribution < 1.29 is 203 Å². The van der Waals surface area contributed by atoms with Gasteiger partial charge in [0.2, 0.25) is 0 Å². The van der Waals surface area contributed by atoms with Gasteiger partial charge in [0, 0.05) is 202 Å². The summed E-state index contributed by atoms with van der Waals surface area (Å²) in [5, 5.41) is 5.30. The van der Waals surface area contributed by atoms with Gasteiger partial charge in [-0.2, -0.15) is 0 Å². The smallest absolute Gasteiger partial charge is 0.314 e. The first-order valence-corrected chi connectivity index (χ1v) is 6.41. The topological polar surface area (TPSA) is 59.6 Å². The number of carbonyl (C=O) groups excluding carboxylic acids is 1. The van der Waals surface area contributed by atoms with Crippen LogP contribution in [0.1, 0.15) is 12.5 Å². The number of amides is 2. The maximum atomic E-state index is 11.3. The monoisotopic (exact) mass is 466 g/mol. The van der Waals surface area contributed by atoms with E-state index in [1.165, 1.54) is 0 Å². The van der Waals surface area contributed by atoms with E-state index in [0.29, 0.717) is 19.8 Å². The third-order valence-electron chi connectivity index (χ3n) is 2.53. The number of carbonyl (C=O) groups is 1. The number of hydrogen-bond donors (Lipinski definition) is 2. The Bertz CT molecular complexity index is 414. The summed E-state index contributed by atoms with van der Waals surface area (Å²) >= 11 is 0. The summed E-state index contributed by atoms with van der Waals surface area (Å²) in [6, 6.07) is 7.38. The van der Waals surface area contributed by atoms with Crippen LogP contribution in [0.3, 0.4) is 0 Å². The zero-order chi connectivity index (χ0) is 14.1. The van der Waals surface area contributed by atoms with Crippen molar-refractivity contribution in [3.05, 3.63) is 29.8 Å². The minimum Gasteiger partial charge on any atom is -0.491 e. The molecule has 0 aliphatic heterocycles. The second-order valence-electron chi connectivity index (χ2n) is 4.21. The summed E-state index contributed by atoms with van der Waals surface area (Å²) in [6.45, 7) is 5.33. The molecule has 0 aromatic heterocycles. The van der Waals surface area contributed by atoms with Crippen molar-refractivity contribution in [3.8, 4) is 5.75 Å². The first-order chi connectivity index (χ1) is 9.15. The predicted molar refractivity (Wildman–Crippen MR) is 74.5 cm³/mol. The van der Waals surface area contributed by atoms with Crippen LogP contribution in [0.2, 0.25) is 0 Å². The Labute approximate surface area is 294 Å². The van der Waals surface area contributed by atoms with Crippen molar-refractivity contribution in [2.75, 3.05) is 26.9 Å². The molecule has 5 nitrogen and oxygen atoms in total. The average Bonchev–Trinajstić information content (AvgIpc) is 2.41. The molecule has 1 aromatic carbocycles. The quantitative estimate of drug-likeness (QED) is 0.644. The van der Waals surface area contributed by atoms with Crippen LogP contribution in [0.15, 0.2) is 24.3 Å². The van der Waals surface area contributed by atoms with Crippen molar-refractivity contribution in [1.82, 2.24) is 10.6 Å². The molecule has 0 spiro atoms. The third kappa shape index (κ3) is 19.8. The predicted octanol–water partition coefficient (Wildman–Crippen LogP) is 1.71. The van der Waals surface area contributed by atoms with E-state index in [1.54, 1.807) is 7.05 Å². The molecule has 0 heterocycles. The Morgan fingerprint density at radius 2 is 1.75 bits per heavy atom. The Hall–Kier alpha value is 4.55. The Morgan fingerprint density at radius 1 is 1.12 bits per heavy atom. The average molecular weight is 466 g/mol. The van der Waals surface area contributed by atoms with Crippen molar-refractivity contribution >= 4 is 6.03 Å². The van der Waals surface area contributed by atoms with Gasteiger partial charge in [0.1, 0.15) is 12.4 Å². The van der Waals surface area contributed by atoms with E-state index in [9.17, 15) is 4.79 Å². The van der Waals surface area contributed by atoms with Crippen LogP contribution in [0.4, 0.5) is 4.79 Å². The van der Waals surface area contributed by atoms with Crippen LogP contribution in [0.5, 0.6) is 5.75 Å². The number of nitrogens with one attached hydrogen (secondary N) is 2. The third-order valence-corrected chi connectivity index (χ3v) is 2.53. The summed E-state index contributed by atoms with van der Waals surface area (Å²) in [5.41, 5.74) is 1.14. The zero-order valence-corrected chi connectivity index (χ0v) is 17.0. The molecule has 24 heavy (non-hydrogen) atoms. The Morgan fingerprint density at radius 3 is 2.25 bits per heavy atom. The molecule has 10 heteroatoms. The number of urea groups is 1. The van der Waals surface area contributed by atoms with Gasteiger partial charge in [0.05, 0.1) is 12.6 Å². The van der Waals surface area contributed by atoms with Crippen molar-refractivity contribution in [2.24, 2.45) is 0 Å². The fraction of sp³-hybridized carbons (Fsp3) is 0.500. The van der Waals surface area contributed by atoms with Gasteiger partial charge < -0.3 is 20.1 Å². The molecule has 2 N–H and O–H groups in total. The SMILES string of the molecule is CCOC[C@@H](COc1cccc(C)c1)NC(=O)NC.[Ar].[Ar].[Ar].[Ar].[Ar]. The van der Waals surface area contributed by atoms with Crippen LogP contribution in [-0.2, 0) is 4.74 Å². The molecule has 0 saturated carbocycles. The van der Waals surface area contributed by atoms with E-state index in [-0.39, 0.29) is 201 Å². The van der Waals surface area contributed by atoms with Crippen molar-refractivity contribution in [1.29, 1.82) is 0 Å². The number of rotatable bonds is 7. The van der Waals surface area contributed by atoms with Crippen LogP contribution in [0, 0.1) is 196 Å². The van der Waals surface area contributed by atoms with E-state index in [2.05, 4.69) is 10.6 Å². The molecular formula is C14H22Ar5N2O3. The minimum atomic E-state index is -0.238. The van der Waals surface area contributed by atoms with Gasteiger partial charge in [-0.1, -0.05) is 12.1 Å². The fourth-order valence-electron chi connectivity index (χ4n) is 1.55. The number of benzene rings is 1. The molecule has 0 fully saturated rings. The molecule has 0 aliphatic carbocycles. The van der Waals surface area contributed by atoms with Gasteiger partial charge in [-0.25, -0.2) is 4.79 Å². The van der Waals surface area contributed by atoms with Gasteiger partial charge in [-0.05, 0) is 31.5 Å². The number of aryl methyl sites for hydroxylation is 1. The first kappa shape index (κ1) is 39.1. The molecule has 1 rings (SSSR count). The van der Waals surface area contributed by atoms with Crippen LogP contribution < -0.4 is 15.4 Å². The molecule has 0 unspecified atom stereocenters. The number of hydrogen-bond acceptors (Lipinski definition) is 3. The van der Waals surface area contributed by atoms with Gasteiger partial charge in [-0.3, -0.25) is 0 Å². The van der Waals surface area contributed by atoms with Crippen molar-refractivity contribution in [3.63, 3.8) is 0 Å². The Balaban J connectivity index is -0.000000241. The summed E-state index contributed by atoms with van der Waals surface area (Å²) in [7, 11) is 1.58. The molecule has 146 valence electrons. The summed E-state index contributed by atoms with van der Waals surface area (Å²) in [4.78, 5) is 11.3. The molecule has 0 radical (unpaired) electrons. The van der Waals surface area contributed by atoms with E-state index >= 15 is 0 Å². The van der Waals surface area contributed by atoms with Gasteiger partial charge in [0.25, 0.3) is 0 Å². The van der Waals surface area contributed by atoms with Gasteiger partial charge in [0.15, 0.2) is 0 Å². The molecule has 1 atom stereocenters. The largest absolute Gasteiger partial charge is 0.491 e. The van der Waals surface area contributed by atoms with Gasteiger partial charge in [-0.15, -0.1) is 0 Å². The minimum absolute atomic E-state index is 0. The summed E-state index contributed by atoms with van der Waals surface area (Å²) < 4.78 is 11.0. The Kier molecular flexibility index (Phi) is 41.7. The molecule has 2 amide bonds. The van der Waals surface area contributed by atoms with E-state index in [0.717, 1.165) is 11.3 Å². The van der Waals surface area contributed by atoms with E-state index in [4.69, 9.17) is 9.47 Å². The molecule has 1 aromatic rings.